The summed E-state index contributed by atoms with van der Waals surface area (Å²) in [6.07, 6.45) is -0.826. The molecule has 0 amide bonds. The highest BCUT2D eigenvalue weighted by atomic mass is 19.3. The van der Waals surface area contributed by atoms with Gasteiger partial charge in [0.25, 0.3) is 0 Å². The normalized spacial score (nSPS) is 15.1. The Hall–Kier alpha value is -1.20. The number of hydrogen-bond donors (Lipinski definition) is 2. The molecule has 0 heterocycles. The third kappa shape index (κ3) is 3.14. The Bertz CT molecular complexity index is 318. The predicted molar refractivity (Wildman–Crippen MR) is 51.7 cm³/mol. The van der Waals surface area contributed by atoms with Crippen LogP contribution >= 0.6 is 0 Å². The number of halogens is 2. The molecule has 0 aliphatic carbocycles. The van der Waals surface area contributed by atoms with E-state index in [9.17, 15) is 13.9 Å². The van der Waals surface area contributed by atoms with Crippen molar-refractivity contribution in [3.63, 3.8) is 0 Å². The van der Waals surface area contributed by atoms with E-state index < -0.39 is 18.8 Å². The Labute approximate surface area is 86.5 Å². The molecule has 1 aromatic rings. The van der Waals surface area contributed by atoms with Crippen molar-refractivity contribution in [1.29, 1.82) is 0 Å². The lowest BCUT2D eigenvalue weighted by molar-refractivity contribution is -0.0509. The van der Waals surface area contributed by atoms with Gasteiger partial charge in [-0.25, -0.2) is 0 Å². The summed E-state index contributed by atoms with van der Waals surface area (Å²) < 4.78 is 28.4. The monoisotopic (exact) mass is 217 g/mol. The van der Waals surface area contributed by atoms with E-state index in [-0.39, 0.29) is 5.75 Å². The van der Waals surface area contributed by atoms with Gasteiger partial charge in [0.05, 0.1) is 12.1 Å². The second-order valence-electron chi connectivity index (χ2n) is 3.18. The van der Waals surface area contributed by atoms with Crippen molar-refractivity contribution >= 4 is 0 Å². The van der Waals surface area contributed by atoms with E-state index >= 15 is 0 Å². The van der Waals surface area contributed by atoms with Crippen molar-refractivity contribution in [2.45, 2.75) is 25.7 Å². The average molecular weight is 217 g/mol. The number of alkyl halides is 2. The zero-order chi connectivity index (χ0) is 11.4. The number of para-hydroxylation sites is 1. The van der Waals surface area contributed by atoms with Gasteiger partial charge in [0.15, 0.2) is 0 Å². The lowest BCUT2D eigenvalue weighted by Crippen LogP contribution is -2.24. The van der Waals surface area contributed by atoms with Gasteiger partial charge in [-0.1, -0.05) is 18.2 Å². The number of aliphatic hydroxyl groups is 1. The van der Waals surface area contributed by atoms with Crippen LogP contribution in [0.1, 0.15) is 18.5 Å². The number of hydrogen-bond acceptors (Lipinski definition) is 3. The van der Waals surface area contributed by atoms with Gasteiger partial charge in [-0.2, -0.15) is 8.78 Å². The van der Waals surface area contributed by atoms with Crippen molar-refractivity contribution in [3.05, 3.63) is 29.8 Å². The average Bonchev–Trinajstić information content (AvgIpc) is 2.16. The van der Waals surface area contributed by atoms with Gasteiger partial charge in [-0.3, -0.25) is 0 Å². The molecule has 15 heavy (non-hydrogen) atoms. The fourth-order valence-corrected chi connectivity index (χ4v) is 1.22. The molecule has 1 rings (SSSR count). The van der Waals surface area contributed by atoms with Crippen LogP contribution in [0.5, 0.6) is 5.75 Å². The van der Waals surface area contributed by atoms with Crippen LogP contribution in [0.15, 0.2) is 24.3 Å². The molecular formula is C10H13F2NO2. The summed E-state index contributed by atoms with van der Waals surface area (Å²) in [5, 5.41) is 9.26. The van der Waals surface area contributed by atoms with Crippen LogP contribution in [0.4, 0.5) is 8.78 Å². The molecule has 0 fully saturated rings. The molecule has 0 aliphatic heterocycles. The van der Waals surface area contributed by atoms with Crippen LogP contribution in [-0.2, 0) is 0 Å². The minimum Gasteiger partial charge on any atom is -0.434 e. The van der Waals surface area contributed by atoms with Crippen LogP contribution in [0.2, 0.25) is 0 Å². The van der Waals surface area contributed by atoms with E-state index in [0.717, 1.165) is 0 Å². The molecule has 1 aromatic carbocycles. The second kappa shape index (κ2) is 5.04. The third-order valence-corrected chi connectivity index (χ3v) is 2.01. The predicted octanol–water partition coefficient (Wildman–Crippen LogP) is 1.67. The Kier molecular flexibility index (Phi) is 3.99. The maximum Gasteiger partial charge on any atom is 0.387 e. The molecule has 3 N–H and O–H groups in total. The zero-order valence-electron chi connectivity index (χ0n) is 8.23. The van der Waals surface area contributed by atoms with Crippen LogP contribution in [0.3, 0.4) is 0 Å². The lowest BCUT2D eigenvalue weighted by atomic mass is 10.0. The van der Waals surface area contributed by atoms with E-state index in [0.29, 0.717) is 5.56 Å². The lowest BCUT2D eigenvalue weighted by Gasteiger charge is -2.18. The first-order valence-electron chi connectivity index (χ1n) is 4.49. The Morgan fingerprint density at radius 3 is 2.47 bits per heavy atom. The quantitative estimate of drug-likeness (QED) is 0.806. The second-order valence-corrected chi connectivity index (χ2v) is 3.18. The first kappa shape index (κ1) is 11.9. The summed E-state index contributed by atoms with van der Waals surface area (Å²) in [6, 6.07) is 5.42. The van der Waals surface area contributed by atoms with Crippen molar-refractivity contribution in [3.8, 4) is 5.75 Å². The van der Waals surface area contributed by atoms with Crippen LogP contribution in [0, 0.1) is 0 Å². The SMILES string of the molecule is C[C@@H](O)[C@@H](N)c1ccccc1OC(F)F. The van der Waals surface area contributed by atoms with E-state index in [1.54, 1.807) is 18.2 Å². The van der Waals surface area contributed by atoms with Crippen LogP contribution in [0.25, 0.3) is 0 Å². The molecule has 5 heteroatoms. The minimum absolute atomic E-state index is 0.000833. The molecule has 3 nitrogen and oxygen atoms in total. The molecule has 0 aliphatic rings. The van der Waals surface area contributed by atoms with Crippen molar-refractivity contribution < 1.29 is 18.6 Å². The molecule has 2 atom stereocenters. The maximum atomic E-state index is 12.0. The van der Waals surface area contributed by atoms with Crippen molar-refractivity contribution in [1.82, 2.24) is 0 Å². The van der Waals surface area contributed by atoms with Gasteiger partial charge >= 0.3 is 6.61 Å². The Morgan fingerprint density at radius 2 is 1.93 bits per heavy atom. The van der Waals surface area contributed by atoms with E-state index in [1.165, 1.54) is 13.0 Å². The van der Waals surface area contributed by atoms with Crippen LogP contribution in [-0.4, -0.2) is 17.8 Å². The van der Waals surface area contributed by atoms with Crippen LogP contribution < -0.4 is 10.5 Å². The minimum atomic E-state index is -2.90. The number of aliphatic hydroxyl groups excluding tert-OH is 1. The molecular weight excluding hydrogens is 204 g/mol. The number of nitrogens with two attached hydrogens (primary N) is 1. The standard InChI is InChI=1S/C10H13F2NO2/c1-6(14)9(13)7-4-2-3-5-8(7)15-10(11)12/h2-6,9-10,14H,13H2,1H3/t6-,9-/m1/s1. The summed E-state index contributed by atoms with van der Waals surface area (Å²) in [4.78, 5) is 0. The summed E-state index contributed by atoms with van der Waals surface area (Å²) in [5.74, 6) is 0.000833. The summed E-state index contributed by atoms with van der Waals surface area (Å²) in [7, 11) is 0. The van der Waals surface area contributed by atoms with Gasteiger partial charge in [0.1, 0.15) is 5.75 Å². The first-order chi connectivity index (χ1) is 7.02. The third-order valence-electron chi connectivity index (χ3n) is 2.01. The van der Waals surface area contributed by atoms with Gasteiger partial charge in [0, 0.05) is 5.56 Å². The topological polar surface area (TPSA) is 55.5 Å². The fraction of sp³-hybridized carbons (Fsp3) is 0.400. The molecule has 0 aromatic heterocycles. The molecule has 0 saturated heterocycles. The molecule has 0 bridgehead atoms. The molecule has 0 spiro atoms. The van der Waals surface area contributed by atoms with Gasteiger partial charge in [-0.05, 0) is 13.0 Å². The number of benzene rings is 1. The first-order valence-corrected chi connectivity index (χ1v) is 4.49. The highest BCUT2D eigenvalue weighted by molar-refractivity contribution is 5.36. The molecule has 0 unspecified atom stereocenters. The van der Waals surface area contributed by atoms with Crippen molar-refractivity contribution in [2.75, 3.05) is 0 Å². The number of ether oxygens (including phenoxy) is 1. The maximum absolute atomic E-state index is 12.0. The highest BCUT2D eigenvalue weighted by Gasteiger charge is 2.18. The zero-order valence-corrected chi connectivity index (χ0v) is 8.23. The summed E-state index contributed by atoms with van der Waals surface area (Å²) in [6.45, 7) is -1.41. The summed E-state index contributed by atoms with van der Waals surface area (Å²) >= 11 is 0. The molecule has 84 valence electrons. The van der Waals surface area contributed by atoms with E-state index in [2.05, 4.69) is 4.74 Å². The Morgan fingerprint density at radius 1 is 1.33 bits per heavy atom. The highest BCUT2D eigenvalue weighted by Crippen LogP contribution is 2.26. The van der Waals surface area contributed by atoms with Crippen molar-refractivity contribution in [2.24, 2.45) is 5.73 Å². The smallest absolute Gasteiger partial charge is 0.387 e. The molecule has 0 radical (unpaired) electrons. The molecule has 0 saturated carbocycles. The Balaban J connectivity index is 2.95. The van der Waals surface area contributed by atoms with E-state index in [1.807, 2.05) is 0 Å². The van der Waals surface area contributed by atoms with E-state index in [4.69, 9.17) is 5.73 Å². The largest absolute Gasteiger partial charge is 0.434 e. The fourth-order valence-electron chi connectivity index (χ4n) is 1.22. The summed E-state index contributed by atoms with van der Waals surface area (Å²) in [5.41, 5.74) is 6.01. The van der Waals surface area contributed by atoms with Gasteiger partial charge in [-0.15, -0.1) is 0 Å². The van der Waals surface area contributed by atoms with Gasteiger partial charge < -0.3 is 15.6 Å². The van der Waals surface area contributed by atoms with Gasteiger partial charge in [0.2, 0.25) is 0 Å². The number of rotatable bonds is 4.